The first-order valence-electron chi connectivity index (χ1n) is 8.65. The topological polar surface area (TPSA) is 0 Å². The van der Waals surface area contributed by atoms with Gasteiger partial charge in [-0.3, -0.25) is 0 Å². The van der Waals surface area contributed by atoms with Crippen LogP contribution in [0.2, 0.25) is 0 Å². The molecule has 118 valence electrons. The molecule has 0 atom stereocenters. The maximum Gasteiger partial charge on any atom is 0.0979 e. The molecule has 23 heavy (non-hydrogen) atoms. The van der Waals surface area contributed by atoms with Gasteiger partial charge in [-0.25, -0.2) is 0 Å². The largest absolute Gasteiger partial charge is 0.317 e. The molecular weight excluding hydrogens is 278 g/mol. The highest BCUT2D eigenvalue weighted by atomic mass is 15.4. The zero-order chi connectivity index (χ0) is 15.8. The van der Waals surface area contributed by atoms with Crippen molar-refractivity contribution in [3.63, 3.8) is 0 Å². The van der Waals surface area contributed by atoms with Crippen LogP contribution in [0.5, 0.6) is 0 Å². The highest BCUT2D eigenvalue weighted by Crippen LogP contribution is 2.20. The van der Waals surface area contributed by atoms with Crippen molar-refractivity contribution < 1.29 is 4.48 Å². The highest BCUT2D eigenvalue weighted by molar-refractivity contribution is 5.49. The Bertz CT molecular complexity index is 581. The molecule has 1 aliphatic heterocycles. The molecule has 0 bridgehead atoms. The van der Waals surface area contributed by atoms with Crippen LogP contribution >= 0.6 is 0 Å². The van der Waals surface area contributed by atoms with E-state index in [-0.39, 0.29) is 0 Å². The molecule has 3 rings (SSSR count). The van der Waals surface area contributed by atoms with Crippen molar-refractivity contribution in [1.82, 2.24) is 0 Å². The van der Waals surface area contributed by atoms with Crippen molar-refractivity contribution >= 4 is 12.2 Å². The number of benzene rings is 2. The maximum atomic E-state index is 2.36. The molecule has 1 saturated heterocycles. The van der Waals surface area contributed by atoms with Gasteiger partial charge < -0.3 is 4.48 Å². The van der Waals surface area contributed by atoms with Crippen LogP contribution < -0.4 is 0 Å². The van der Waals surface area contributed by atoms with E-state index in [1.165, 1.54) is 41.5 Å². The summed E-state index contributed by atoms with van der Waals surface area (Å²) in [5.74, 6) is 0. The van der Waals surface area contributed by atoms with E-state index in [1.54, 1.807) is 0 Å². The van der Waals surface area contributed by atoms with Crippen molar-refractivity contribution in [2.24, 2.45) is 0 Å². The third-order valence-corrected chi connectivity index (χ3v) is 4.72. The normalized spacial score (nSPS) is 17.2. The van der Waals surface area contributed by atoms with Crippen molar-refractivity contribution in [3.8, 4) is 0 Å². The number of hydrogen-bond donors (Lipinski definition) is 0. The summed E-state index contributed by atoms with van der Waals surface area (Å²) in [6.45, 7) is 4.87. The predicted octanol–water partition coefficient (Wildman–Crippen LogP) is 5.02. The summed E-state index contributed by atoms with van der Waals surface area (Å²) in [6.07, 6.45) is 12.0. The Morgan fingerprint density at radius 3 is 1.52 bits per heavy atom. The lowest BCUT2D eigenvalue weighted by molar-refractivity contribution is -0.905. The van der Waals surface area contributed by atoms with E-state index in [0.29, 0.717) is 0 Å². The number of likely N-dealkylation sites (tertiary alicyclic amines) is 1. The van der Waals surface area contributed by atoms with Gasteiger partial charge in [0, 0.05) is 12.8 Å². The first-order chi connectivity index (χ1) is 11.4. The monoisotopic (exact) mass is 304 g/mol. The minimum atomic E-state index is 1.13. The molecule has 0 spiro atoms. The van der Waals surface area contributed by atoms with Gasteiger partial charge in [-0.15, -0.1) is 0 Å². The minimum absolute atomic E-state index is 1.13. The Balaban J connectivity index is 1.61. The van der Waals surface area contributed by atoms with E-state index in [2.05, 4.69) is 85.0 Å². The average molecular weight is 304 g/mol. The third-order valence-electron chi connectivity index (χ3n) is 4.72. The maximum absolute atomic E-state index is 2.36. The van der Waals surface area contributed by atoms with Crippen molar-refractivity contribution in [2.75, 3.05) is 26.2 Å². The van der Waals surface area contributed by atoms with E-state index < -0.39 is 0 Å². The lowest BCUT2D eigenvalue weighted by atomic mass is 10.2. The second kappa shape index (κ2) is 7.94. The Morgan fingerprint density at radius 2 is 1.09 bits per heavy atom. The SMILES string of the molecule is C(=Cc1ccccc1)C[N+]1(CC=Cc2ccccc2)CCCC1. The summed E-state index contributed by atoms with van der Waals surface area (Å²) in [7, 11) is 0. The molecule has 0 radical (unpaired) electrons. The van der Waals surface area contributed by atoms with Gasteiger partial charge in [0.25, 0.3) is 0 Å². The molecule has 0 aliphatic carbocycles. The summed E-state index contributed by atoms with van der Waals surface area (Å²) in [4.78, 5) is 0. The molecule has 0 unspecified atom stereocenters. The average Bonchev–Trinajstić information content (AvgIpc) is 3.06. The fourth-order valence-electron chi connectivity index (χ4n) is 3.40. The van der Waals surface area contributed by atoms with Gasteiger partial charge in [0.15, 0.2) is 0 Å². The molecule has 0 saturated carbocycles. The number of quaternary nitrogens is 1. The molecule has 2 aromatic rings. The fraction of sp³-hybridized carbons (Fsp3) is 0.273. The van der Waals surface area contributed by atoms with E-state index in [4.69, 9.17) is 0 Å². The van der Waals surface area contributed by atoms with E-state index >= 15 is 0 Å². The third kappa shape index (κ3) is 4.67. The molecule has 1 heteroatoms. The second-order valence-corrected chi connectivity index (χ2v) is 6.49. The van der Waals surface area contributed by atoms with Gasteiger partial charge in [-0.05, 0) is 23.3 Å². The summed E-state index contributed by atoms with van der Waals surface area (Å²) in [5, 5.41) is 0. The highest BCUT2D eigenvalue weighted by Gasteiger charge is 2.29. The lowest BCUT2D eigenvalue weighted by Gasteiger charge is -2.32. The predicted molar refractivity (Wildman–Crippen MR) is 99.9 cm³/mol. The van der Waals surface area contributed by atoms with Gasteiger partial charge in [0.1, 0.15) is 0 Å². The second-order valence-electron chi connectivity index (χ2n) is 6.49. The van der Waals surface area contributed by atoms with E-state index in [9.17, 15) is 0 Å². The van der Waals surface area contributed by atoms with Crippen LogP contribution in [0.25, 0.3) is 12.2 Å². The Morgan fingerprint density at radius 1 is 0.652 bits per heavy atom. The summed E-state index contributed by atoms with van der Waals surface area (Å²) in [5.41, 5.74) is 2.59. The molecule has 1 aliphatic rings. The van der Waals surface area contributed by atoms with Crippen LogP contribution in [0.1, 0.15) is 24.0 Å². The van der Waals surface area contributed by atoms with Crippen LogP contribution in [0, 0.1) is 0 Å². The Kier molecular flexibility index (Phi) is 5.44. The van der Waals surface area contributed by atoms with Crippen molar-refractivity contribution in [1.29, 1.82) is 0 Å². The number of rotatable bonds is 6. The van der Waals surface area contributed by atoms with Crippen LogP contribution in [0.3, 0.4) is 0 Å². The van der Waals surface area contributed by atoms with Crippen LogP contribution in [-0.2, 0) is 0 Å². The summed E-state index contributed by atoms with van der Waals surface area (Å²) in [6, 6.07) is 21.2. The fourth-order valence-corrected chi connectivity index (χ4v) is 3.40. The minimum Gasteiger partial charge on any atom is -0.317 e. The van der Waals surface area contributed by atoms with Crippen LogP contribution in [0.15, 0.2) is 72.8 Å². The van der Waals surface area contributed by atoms with Gasteiger partial charge in [-0.1, -0.05) is 72.8 Å². The van der Waals surface area contributed by atoms with Gasteiger partial charge in [0.2, 0.25) is 0 Å². The van der Waals surface area contributed by atoms with Gasteiger partial charge >= 0.3 is 0 Å². The zero-order valence-electron chi connectivity index (χ0n) is 13.8. The van der Waals surface area contributed by atoms with E-state index in [0.717, 1.165) is 13.1 Å². The van der Waals surface area contributed by atoms with Crippen molar-refractivity contribution in [3.05, 3.63) is 83.9 Å². The van der Waals surface area contributed by atoms with Gasteiger partial charge in [-0.2, -0.15) is 0 Å². The molecule has 2 aromatic carbocycles. The Labute approximate surface area is 140 Å². The number of nitrogens with zero attached hydrogens (tertiary/aromatic N) is 1. The molecular formula is C22H26N+. The zero-order valence-corrected chi connectivity index (χ0v) is 13.8. The molecule has 1 fully saturated rings. The quantitative estimate of drug-likeness (QED) is 0.657. The van der Waals surface area contributed by atoms with Gasteiger partial charge in [0.05, 0.1) is 26.2 Å². The Hall–Kier alpha value is -2.12. The molecule has 0 aromatic heterocycles. The first-order valence-corrected chi connectivity index (χ1v) is 8.65. The summed E-state index contributed by atoms with van der Waals surface area (Å²) >= 11 is 0. The van der Waals surface area contributed by atoms with Crippen LogP contribution in [-0.4, -0.2) is 30.7 Å². The van der Waals surface area contributed by atoms with Crippen molar-refractivity contribution in [2.45, 2.75) is 12.8 Å². The first kappa shape index (κ1) is 15.8. The molecule has 1 nitrogen and oxygen atoms in total. The molecule has 0 N–H and O–H groups in total. The summed E-state index contributed by atoms with van der Waals surface area (Å²) < 4.78 is 1.20. The van der Waals surface area contributed by atoms with E-state index in [1.807, 2.05) is 0 Å². The molecule has 0 amide bonds. The van der Waals surface area contributed by atoms with Crippen LogP contribution in [0.4, 0.5) is 0 Å². The smallest absolute Gasteiger partial charge is 0.0979 e. The standard InChI is InChI=1S/C22H26N/c1-3-11-21(12-4-1)15-9-19-23(17-7-8-18-23)20-10-16-22-13-5-2-6-14-22/h1-6,9-16H,7-8,17-20H2/q+1. The number of hydrogen-bond acceptors (Lipinski definition) is 0. The lowest BCUT2D eigenvalue weighted by Crippen LogP contribution is -2.45. The molecule has 1 heterocycles.